The van der Waals surface area contributed by atoms with E-state index in [1.807, 2.05) is 17.5 Å². The number of nitrogens with zero attached hydrogens (tertiary/aromatic N) is 2. The van der Waals surface area contributed by atoms with E-state index in [1.54, 1.807) is 41.7 Å². The molecule has 0 spiro atoms. The van der Waals surface area contributed by atoms with Gasteiger partial charge in [-0.05, 0) is 30.0 Å². The van der Waals surface area contributed by atoms with Crippen LogP contribution in [0.4, 0.5) is 0 Å². The molecular weight excluding hydrogens is 374 g/mol. The van der Waals surface area contributed by atoms with Gasteiger partial charge in [0.05, 0.1) is 17.1 Å². The Morgan fingerprint density at radius 2 is 1.82 bits per heavy atom. The molecule has 0 radical (unpaired) electrons. The summed E-state index contributed by atoms with van der Waals surface area (Å²) in [7, 11) is 0. The fourth-order valence-corrected chi connectivity index (χ4v) is 4.10. The first-order valence-corrected chi connectivity index (χ1v) is 10.1. The lowest BCUT2D eigenvalue weighted by Gasteiger charge is -2.18. The van der Waals surface area contributed by atoms with Crippen LogP contribution in [0.1, 0.15) is 30.7 Å². The molecule has 7 heteroatoms. The number of para-hydroxylation sites is 2. The molecule has 3 aromatic rings. The zero-order valence-electron chi connectivity index (χ0n) is 15.8. The van der Waals surface area contributed by atoms with Gasteiger partial charge in [0, 0.05) is 11.4 Å². The van der Waals surface area contributed by atoms with Gasteiger partial charge >= 0.3 is 11.1 Å². The summed E-state index contributed by atoms with van der Waals surface area (Å²) in [5.41, 5.74) is -0.218. The predicted octanol–water partition coefficient (Wildman–Crippen LogP) is 3.07. The lowest BCUT2D eigenvalue weighted by molar-refractivity contribution is -0.122. The van der Waals surface area contributed by atoms with Gasteiger partial charge < -0.3 is 5.32 Å². The lowest BCUT2D eigenvalue weighted by atomic mass is 10.1. The van der Waals surface area contributed by atoms with Crippen LogP contribution in [0, 0.1) is 0 Å². The number of carbonyl (C=O) groups excluding carboxylic acids is 1. The van der Waals surface area contributed by atoms with E-state index in [0.29, 0.717) is 11.0 Å². The number of allylic oxidation sites excluding steroid dienone is 1. The van der Waals surface area contributed by atoms with Gasteiger partial charge in [-0.3, -0.25) is 23.5 Å². The highest BCUT2D eigenvalue weighted by atomic mass is 32.1. The van der Waals surface area contributed by atoms with Crippen molar-refractivity contribution in [3.63, 3.8) is 0 Å². The summed E-state index contributed by atoms with van der Waals surface area (Å²) in [6.45, 7) is 5.74. The summed E-state index contributed by atoms with van der Waals surface area (Å²) in [5.74, 6) is -0.292. The van der Waals surface area contributed by atoms with Crippen LogP contribution >= 0.6 is 11.3 Å². The van der Waals surface area contributed by atoms with Crippen LogP contribution in [0.25, 0.3) is 11.0 Å². The molecule has 0 bridgehead atoms. The number of nitrogens with one attached hydrogen (secondary N) is 1. The molecule has 146 valence electrons. The van der Waals surface area contributed by atoms with Crippen molar-refractivity contribution in [3.8, 4) is 0 Å². The molecule has 0 saturated carbocycles. The van der Waals surface area contributed by atoms with Crippen LogP contribution in [0.3, 0.4) is 0 Å². The van der Waals surface area contributed by atoms with Crippen LogP contribution in [0.2, 0.25) is 0 Å². The molecule has 1 unspecified atom stereocenters. The summed E-state index contributed by atoms with van der Waals surface area (Å²) in [6, 6.07) is 10.9. The van der Waals surface area contributed by atoms with E-state index in [1.165, 1.54) is 9.13 Å². The molecule has 0 saturated heterocycles. The molecule has 0 aliphatic heterocycles. The number of aromatic nitrogens is 2. The summed E-state index contributed by atoms with van der Waals surface area (Å²) in [5, 5.41) is 4.98. The number of rotatable bonds is 8. The van der Waals surface area contributed by atoms with E-state index in [-0.39, 0.29) is 25.0 Å². The van der Waals surface area contributed by atoms with Crippen molar-refractivity contribution < 1.29 is 4.79 Å². The molecule has 2 heterocycles. The van der Waals surface area contributed by atoms with Crippen molar-refractivity contribution in [2.24, 2.45) is 0 Å². The van der Waals surface area contributed by atoms with E-state index >= 15 is 0 Å². The van der Waals surface area contributed by atoms with Crippen molar-refractivity contribution in [1.82, 2.24) is 14.5 Å². The first-order chi connectivity index (χ1) is 13.6. The number of amides is 1. The van der Waals surface area contributed by atoms with Crippen LogP contribution in [0.15, 0.2) is 64.0 Å². The van der Waals surface area contributed by atoms with Crippen LogP contribution < -0.4 is 16.4 Å². The predicted molar refractivity (Wildman–Crippen MR) is 113 cm³/mol. The summed E-state index contributed by atoms with van der Waals surface area (Å²) >= 11 is 1.59. The number of thiophene rings is 1. The zero-order chi connectivity index (χ0) is 20.1. The second-order valence-corrected chi connectivity index (χ2v) is 7.49. The van der Waals surface area contributed by atoms with Gasteiger partial charge in [0.15, 0.2) is 0 Å². The molecule has 0 aliphatic rings. The topological polar surface area (TPSA) is 73.1 Å². The number of hydrogen-bond acceptors (Lipinski definition) is 4. The average Bonchev–Trinajstić information content (AvgIpc) is 3.23. The van der Waals surface area contributed by atoms with Crippen molar-refractivity contribution in [2.45, 2.75) is 38.9 Å². The van der Waals surface area contributed by atoms with Gasteiger partial charge in [0.2, 0.25) is 5.91 Å². The van der Waals surface area contributed by atoms with E-state index in [0.717, 1.165) is 17.7 Å². The van der Waals surface area contributed by atoms with Crippen molar-refractivity contribution in [2.75, 3.05) is 0 Å². The Kier molecular flexibility index (Phi) is 6.26. The highest BCUT2D eigenvalue weighted by Gasteiger charge is 2.18. The van der Waals surface area contributed by atoms with Gasteiger partial charge in [-0.15, -0.1) is 17.9 Å². The monoisotopic (exact) mass is 397 g/mol. The second-order valence-electron chi connectivity index (χ2n) is 6.51. The molecule has 3 rings (SSSR count). The Labute approximate surface area is 166 Å². The molecule has 1 atom stereocenters. The Morgan fingerprint density at radius 1 is 1.14 bits per heavy atom. The minimum absolute atomic E-state index is 0.0967. The van der Waals surface area contributed by atoms with Crippen LogP contribution in [-0.4, -0.2) is 15.0 Å². The van der Waals surface area contributed by atoms with Crippen LogP contribution in [-0.2, 0) is 17.9 Å². The van der Waals surface area contributed by atoms with Gasteiger partial charge in [-0.2, -0.15) is 0 Å². The zero-order valence-corrected chi connectivity index (χ0v) is 16.6. The number of hydrogen-bond donors (Lipinski definition) is 1. The lowest BCUT2D eigenvalue weighted by Crippen LogP contribution is -2.44. The number of fused-ring (bicyclic) bond motifs is 1. The summed E-state index contributed by atoms with van der Waals surface area (Å²) in [4.78, 5) is 39.0. The fourth-order valence-electron chi connectivity index (χ4n) is 3.29. The molecule has 1 aromatic carbocycles. The third-order valence-corrected chi connectivity index (χ3v) is 5.54. The van der Waals surface area contributed by atoms with E-state index in [2.05, 4.69) is 18.8 Å². The van der Waals surface area contributed by atoms with Crippen molar-refractivity contribution in [1.29, 1.82) is 0 Å². The maximum absolute atomic E-state index is 12.7. The number of benzene rings is 1. The highest BCUT2D eigenvalue weighted by molar-refractivity contribution is 7.10. The average molecular weight is 398 g/mol. The SMILES string of the molecule is C=CCn1c(=O)c(=O)n(CC(=O)NC(CCC)c2cccs2)c2ccccc21. The maximum Gasteiger partial charge on any atom is 0.317 e. The summed E-state index contributed by atoms with van der Waals surface area (Å²) in [6.07, 6.45) is 3.30. The maximum atomic E-state index is 12.7. The van der Waals surface area contributed by atoms with Crippen molar-refractivity contribution in [3.05, 3.63) is 80.0 Å². The Bertz CT molecular complexity index is 1100. The first kappa shape index (κ1) is 19.8. The van der Waals surface area contributed by atoms with E-state index in [4.69, 9.17) is 0 Å². The molecule has 0 aliphatic carbocycles. The number of carbonyl (C=O) groups is 1. The third kappa shape index (κ3) is 3.99. The minimum Gasteiger partial charge on any atom is -0.347 e. The fraction of sp³-hybridized carbons (Fsp3) is 0.286. The van der Waals surface area contributed by atoms with Gasteiger partial charge in [-0.1, -0.05) is 37.6 Å². The Morgan fingerprint density at radius 3 is 2.43 bits per heavy atom. The van der Waals surface area contributed by atoms with Gasteiger partial charge in [-0.25, -0.2) is 0 Å². The van der Waals surface area contributed by atoms with Crippen LogP contribution in [0.5, 0.6) is 0 Å². The molecule has 28 heavy (non-hydrogen) atoms. The highest BCUT2D eigenvalue weighted by Crippen LogP contribution is 2.23. The molecule has 0 fully saturated rings. The largest absolute Gasteiger partial charge is 0.347 e. The smallest absolute Gasteiger partial charge is 0.317 e. The second kappa shape index (κ2) is 8.84. The molecule has 1 N–H and O–H groups in total. The standard InChI is InChI=1S/C21H23N3O3S/c1-3-8-15(18-11-7-13-28-18)22-19(25)14-24-17-10-6-5-9-16(17)23(12-4-2)20(26)21(24)27/h4-7,9-11,13,15H,2-3,8,12,14H2,1H3,(H,22,25). The first-order valence-electron chi connectivity index (χ1n) is 9.22. The minimum atomic E-state index is -0.709. The molecule has 1 amide bonds. The molecule has 6 nitrogen and oxygen atoms in total. The molecular formula is C21H23N3O3S. The van der Waals surface area contributed by atoms with E-state index in [9.17, 15) is 14.4 Å². The van der Waals surface area contributed by atoms with Gasteiger partial charge in [0.25, 0.3) is 0 Å². The third-order valence-electron chi connectivity index (χ3n) is 4.55. The normalized spacial score (nSPS) is 12.0. The van der Waals surface area contributed by atoms with E-state index < -0.39 is 11.1 Å². The quantitative estimate of drug-likeness (QED) is 0.469. The molecule has 2 aromatic heterocycles. The van der Waals surface area contributed by atoms with Gasteiger partial charge in [0.1, 0.15) is 6.54 Å². The Balaban J connectivity index is 1.96. The van der Waals surface area contributed by atoms with Crippen molar-refractivity contribution >= 4 is 28.3 Å². The summed E-state index contributed by atoms with van der Waals surface area (Å²) < 4.78 is 2.63. The Hall–Kier alpha value is -2.93.